The molecule has 0 radical (unpaired) electrons. The van der Waals surface area contributed by atoms with Gasteiger partial charge in [0.25, 0.3) is 6.02 Å². The second kappa shape index (κ2) is 3.29. The zero-order chi connectivity index (χ0) is 6.57. The van der Waals surface area contributed by atoms with E-state index in [-0.39, 0.29) is 0 Å². The first-order chi connectivity index (χ1) is 3.72. The maximum absolute atomic E-state index is 4.84. The Kier molecular flexibility index (Phi) is 2.99. The maximum Gasteiger partial charge on any atom is 0.286 e. The molecule has 0 bridgehead atoms. The number of aliphatic imine (C=N–C) groups is 1. The van der Waals surface area contributed by atoms with Crippen LogP contribution in [0.2, 0.25) is 0 Å². The van der Waals surface area contributed by atoms with E-state index in [1.807, 2.05) is 14.1 Å². The predicted molar refractivity (Wildman–Crippen MR) is 34.1 cm³/mol. The maximum atomic E-state index is 4.84. The summed E-state index contributed by atoms with van der Waals surface area (Å²) in [5.41, 5.74) is 0. The lowest BCUT2D eigenvalue weighted by molar-refractivity contribution is 0.330. The molecule has 0 aliphatic carbocycles. The van der Waals surface area contributed by atoms with Crippen molar-refractivity contribution in [3.8, 4) is 0 Å². The molecule has 48 valence electrons. The lowest BCUT2D eigenvalue weighted by Crippen LogP contribution is -2.23. The Balaban J connectivity index is 3.72. The van der Waals surface area contributed by atoms with E-state index in [2.05, 4.69) is 4.99 Å². The average Bonchev–Trinajstić information content (AvgIpc) is 1.69. The Morgan fingerprint density at radius 1 is 1.50 bits per heavy atom. The van der Waals surface area contributed by atoms with Crippen LogP contribution in [-0.2, 0) is 4.74 Å². The summed E-state index contributed by atoms with van der Waals surface area (Å²) in [5, 5.41) is 0. The van der Waals surface area contributed by atoms with E-state index in [0.717, 1.165) is 0 Å². The van der Waals surface area contributed by atoms with Crippen LogP contribution in [0.1, 0.15) is 0 Å². The molecule has 0 amide bonds. The first kappa shape index (κ1) is 7.27. The minimum absolute atomic E-state index is 0.644. The quantitative estimate of drug-likeness (QED) is 0.333. The molecule has 0 N–H and O–H groups in total. The van der Waals surface area contributed by atoms with Crippen molar-refractivity contribution in [3.05, 3.63) is 0 Å². The van der Waals surface area contributed by atoms with Crippen LogP contribution in [0.25, 0.3) is 0 Å². The normalized spacial score (nSPS) is 11.2. The van der Waals surface area contributed by atoms with Crippen molar-refractivity contribution in [2.75, 3.05) is 28.3 Å². The van der Waals surface area contributed by atoms with E-state index in [9.17, 15) is 0 Å². The van der Waals surface area contributed by atoms with Crippen LogP contribution in [0.3, 0.4) is 0 Å². The van der Waals surface area contributed by atoms with Crippen molar-refractivity contribution in [1.82, 2.24) is 4.90 Å². The second-order valence-electron chi connectivity index (χ2n) is 1.60. The highest BCUT2D eigenvalue weighted by Crippen LogP contribution is 1.80. The number of ether oxygens (including phenoxy) is 1. The fourth-order valence-electron chi connectivity index (χ4n) is 0.474. The van der Waals surface area contributed by atoms with Crippen LogP contribution in [0.4, 0.5) is 0 Å². The van der Waals surface area contributed by atoms with Crippen LogP contribution >= 0.6 is 0 Å². The van der Waals surface area contributed by atoms with E-state index >= 15 is 0 Å². The van der Waals surface area contributed by atoms with E-state index in [4.69, 9.17) is 4.74 Å². The van der Waals surface area contributed by atoms with Gasteiger partial charge in [0, 0.05) is 21.1 Å². The third kappa shape index (κ3) is 1.82. The molecule has 8 heavy (non-hydrogen) atoms. The largest absolute Gasteiger partial charge is 0.469 e. The van der Waals surface area contributed by atoms with Crippen LogP contribution in [0, 0.1) is 0 Å². The van der Waals surface area contributed by atoms with Gasteiger partial charge in [0.15, 0.2) is 0 Å². The van der Waals surface area contributed by atoms with E-state index in [1.165, 1.54) is 0 Å². The van der Waals surface area contributed by atoms with Gasteiger partial charge in [-0.25, -0.2) is 4.99 Å². The third-order valence-corrected chi connectivity index (χ3v) is 0.756. The minimum atomic E-state index is 0.644. The third-order valence-electron chi connectivity index (χ3n) is 0.756. The molecule has 0 spiro atoms. The van der Waals surface area contributed by atoms with Crippen LogP contribution in [0.5, 0.6) is 0 Å². The van der Waals surface area contributed by atoms with Gasteiger partial charge in [-0.05, 0) is 0 Å². The van der Waals surface area contributed by atoms with Crippen molar-refractivity contribution < 1.29 is 4.74 Å². The lowest BCUT2D eigenvalue weighted by atomic mass is 10.9. The predicted octanol–water partition coefficient (Wildman–Crippen LogP) is 0.180. The summed E-state index contributed by atoms with van der Waals surface area (Å²) in [6, 6.07) is 0.644. The molecule has 0 aliphatic heterocycles. The Bertz CT molecular complexity index is 88.4. The SMILES string of the molecule is CN=C(OC)N(C)C. The molecule has 0 unspecified atom stereocenters. The summed E-state index contributed by atoms with van der Waals surface area (Å²) < 4.78 is 4.84. The molecule has 0 fully saturated rings. The number of methoxy groups -OCH3 is 1. The van der Waals surface area contributed by atoms with Gasteiger partial charge in [0.1, 0.15) is 0 Å². The highest BCUT2D eigenvalue weighted by atomic mass is 16.5. The fraction of sp³-hybridized carbons (Fsp3) is 0.800. The molecule has 0 aromatic heterocycles. The Labute approximate surface area is 50.0 Å². The van der Waals surface area contributed by atoms with Crippen molar-refractivity contribution in [2.45, 2.75) is 0 Å². The van der Waals surface area contributed by atoms with Crippen LogP contribution in [0.15, 0.2) is 4.99 Å². The van der Waals surface area contributed by atoms with Gasteiger partial charge in [-0.1, -0.05) is 0 Å². The van der Waals surface area contributed by atoms with Crippen molar-refractivity contribution >= 4 is 6.02 Å². The van der Waals surface area contributed by atoms with E-state index in [1.54, 1.807) is 19.1 Å². The highest BCUT2D eigenvalue weighted by molar-refractivity contribution is 5.72. The van der Waals surface area contributed by atoms with Crippen molar-refractivity contribution in [2.24, 2.45) is 4.99 Å². The molecule has 3 nitrogen and oxygen atoms in total. The average molecular weight is 116 g/mol. The molecule has 3 heteroatoms. The summed E-state index contributed by atoms with van der Waals surface area (Å²) >= 11 is 0. The zero-order valence-electron chi connectivity index (χ0n) is 5.80. The molecule has 0 aromatic carbocycles. The second-order valence-corrected chi connectivity index (χ2v) is 1.60. The molecule has 0 aliphatic rings. The first-order valence-corrected chi connectivity index (χ1v) is 2.40. The molecule has 0 heterocycles. The number of hydrogen-bond acceptors (Lipinski definition) is 2. The molecule has 0 saturated carbocycles. The van der Waals surface area contributed by atoms with Crippen LogP contribution in [-0.4, -0.2) is 39.2 Å². The van der Waals surface area contributed by atoms with Gasteiger partial charge < -0.3 is 9.64 Å². The van der Waals surface area contributed by atoms with Gasteiger partial charge in [0.05, 0.1) is 7.11 Å². The van der Waals surface area contributed by atoms with E-state index in [0.29, 0.717) is 6.02 Å². The van der Waals surface area contributed by atoms with Gasteiger partial charge >= 0.3 is 0 Å². The zero-order valence-corrected chi connectivity index (χ0v) is 5.80. The monoisotopic (exact) mass is 116 g/mol. The number of nitrogens with zero attached hydrogens (tertiary/aromatic N) is 2. The smallest absolute Gasteiger partial charge is 0.286 e. The fourth-order valence-corrected chi connectivity index (χ4v) is 0.474. The molecular formula is C5H12N2O. The Hall–Kier alpha value is -0.730. The summed E-state index contributed by atoms with van der Waals surface area (Å²) in [7, 11) is 7.05. The molecule has 0 saturated heterocycles. The summed E-state index contributed by atoms with van der Waals surface area (Å²) in [5.74, 6) is 0. The van der Waals surface area contributed by atoms with Gasteiger partial charge in [-0.3, -0.25) is 0 Å². The molecule has 0 rings (SSSR count). The minimum Gasteiger partial charge on any atom is -0.469 e. The van der Waals surface area contributed by atoms with Crippen molar-refractivity contribution in [3.63, 3.8) is 0 Å². The number of rotatable bonds is 0. The van der Waals surface area contributed by atoms with Crippen molar-refractivity contribution in [1.29, 1.82) is 0 Å². The Morgan fingerprint density at radius 3 is 2.00 bits per heavy atom. The first-order valence-electron chi connectivity index (χ1n) is 2.40. The Morgan fingerprint density at radius 2 is 2.00 bits per heavy atom. The molecular weight excluding hydrogens is 104 g/mol. The standard InChI is InChI=1S/C5H12N2O/c1-6-5(8-4)7(2)3/h1-4H3. The van der Waals surface area contributed by atoms with E-state index < -0.39 is 0 Å². The molecule has 0 atom stereocenters. The van der Waals surface area contributed by atoms with Gasteiger partial charge in [-0.15, -0.1) is 0 Å². The molecule has 0 aromatic rings. The summed E-state index contributed by atoms with van der Waals surface area (Å²) in [6.45, 7) is 0. The highest BCUT2D eigenvalue weighted by Gasteiger charge is 1.94. The summed E-state index contributed by atoms with van der Waals surface area (Å²) in [4.78, 5) is 5.63. The number of hydrogen-bond donors (Lipinski definition) is 0. The lowest BCUT2D eigenvalue weighted by Gasteiger charge is -2.11. The number of amidine groups is 1. The van der Waals surface area contributed by atoms with Gasteiger partial charge in [-0.2, -0.15) is 0 Å². The topological polar surface area (TPSA) is 24.8 Å². The van der Waals surface area contributed by atoms with Crippen LogP contribution < -0.4 is 0 Å². The van der Waals surface area contributed by atoms with Gasteiger partial charge in [0.2, 0.25) is 0 Å². The summed E-state index contributed by atoms with van der Waals surface area (Å²) in [6.07, 6.45) is 0.